The SMILES string of the molecule is CC(C)CNc1ccc(C(=O)N2CCCC(C)C2)nn1. The van der Waals surface area contributed by atoms with E-state index < -0.39 is 0 Å². The zero-order valence-corrected chi connectivity index (χ0v) is 12.6. The molecule has 5 heteroatoms. The summed E-state index contributed by atoms with van der Waals surface area (Å²) in [7, 11) is 0. The lowest BCUT2D eigenvalue weighted by Crippen LogP contribution is -2.39. The summed E-state index contributed by atoms with van der Waals surface area (Å²) in [5.74, 6) is 1.85. The first-order chi connectivity index (χ1) is 9.56. The summed E-state index contributed by atoms with van der Waals surface area (Å²) in [6, 6.07) is 3.59. The molecule has 0 radical (unpaired) electrons. The van der Waals surface area contributed by atoms with Crippen LogP contribution in [-0.2, 0) is 0 Å². The topological polar surface area (TPSA) is 58.1 Å². The van der Waals surface area contributed by atoms with Gasteiger partial charge in [-0.1, -0.05) is 20.8 Å². The van der Waals surface area contributed by atoms with Crippen molar-refractivity contribution >= 4 is 11.7 Å². The van der Waals surface area contributed by atoms with Gasteiger partial charge in [0.15, 0.2) is 5.69 Å². The number of nitrogens with zero attached hydrogens (tertiary/aromatic N) is 3. The van der Waals surface area contributed by atoms with E-state index >= 15 is 0 Å². The zero-order valence-electron chi connectivity index (χ0n) is 12.6. The van der Waals surface area contributed by atoms with Crippen molar-refractivity contribution in [3.05, 3.63) is 17.8 Å². The number of carbonyl (C=O) groups is 1. The lowest BCUT2D eigenvalue weighted by Gasteiger charge is -2.30. The number of rotatable bonds is 4. The van der Waals surface area contributed by atoms with E-state index in [1.807, 2.05) is 11.0 Å². The molecule has 1 saturated heterocycles. The Hall–Kier alpha value is -1.65. The minimum Gasteiger partial charge on any atom is -0.368 e. The number of likely N-dealkylation sites (tertiary alicyclic amines) is 1. The van der Waals surface area contributed by atoms with Gasteiger partial charge in [-0.3, -0.25) is 4.79 Å². The van der Waals surface area contributed by atoms with Crippen LogP contribution in [0.5, 0.6) is 0 Å². The highest BCUT2D eigenvalue weighted by molar-refractivity contribution is 5.92. The molecule has 1 atom stereocenters. The Kier molecular flexibility index (Phi) is 4.93. The molecule has 1 fully saturated rings. The fourth-order valence-electron chi connectivity index (χ4n) is 2.39. The fraction of sp³-hybridized carbons (Fsp3) is 0.667. The number of hydrogen-bond donors (Lipinski definition) is 1. The van der Waals surface area contributed by atoms with E-state index in [-0.39, 0.29) is 5.91 Å². The molecule has 1 aliphatic heterocycles. The molecule has 5 nitrogen and oxygen atoms in total. The third kappa shape index (κ3) is 3.92. The smallest absolute Gasteiger partial charge is 0.274 e. The fourth-order valence-corrected chi connectivity index (χ4v) is 2.39. The summed E-state index contributed by atoms with van der Waals surface area (Å²) in [5, 5.41) is 11.3. The van der Waals surface area contributed by atoms with Gasteiger partial charge in [-0.25, -0.2) is 0 Å². The largest absolute Gasteiger partial charge is 0.368 e. The third-order valence-electron chi connectivity index (χ3n) is 3.52. The Morgan fingerprint density at radius 3 is 2.85 bits per heavy atom. The maximum Gasteiger partial charge on any atom is 0.274 e. The Balaban J connectivity index is 1.96. The third-order valence-corrected chi connectivity index (χ3v) is 3.52. The van der Waals surface area contributed by atoms with Crippen molar-refractivity contribution in [2.24, 2.45) is 11.8 Å². The van der Waals surface area contributed by atoms with Gasteiger partial charge in [0.05, 0.1) is 0 Å². The average Bonchev–Trinajstić information content (AvgIpc) is 2.45. The van der Waals surface area contributed by atoms with Crippen LogP contribution in [0.1, 0.15) is 44.1 Å². The molecule has 0 bridgehead atoms. The molecule has 20 heavy (non-hydrogen) atoms. The molecule has 0 aliphatic carbocycles. The first kappa shape index (κ1) is 14.8. The molecule has 110 valence electrons. The van der Waals surface area contributed by atoms with Crippen molar-refractivity contribution in [2.75, 3.05) is 25.0 Å². The van der Waals surface area contributed by atoms with Crippen molar-refractivity contribution in [1.29, 1.82) is 0 Å². The normalized spacial score (nSPS) is 19.2. The molecule has 1 aromatic rings. The second kappa shape index (κ2) is 6.68. The van der Waals surface area contributed by atoms with Crippen LogP contribution in [0.3, 0.4) is 0 Å². The van der Waals surface area contributed by atoms with Crippen LogP contribution in [-0.4, -0.2) is 40.6 Å². The van der Waals surface area contributed by atoms with Gasteiger partial charge < -0.3 is 10.2 Å². The summed E-state index contributed by atoms with van der Waals surface area (Å²) in [5.41, 5.74) is 0.439. The molecule has 1 amide bonds. The van der Waals surface area contributed by atoms with Crippen molar-refractivity contribution in [3.63, 3.8) is 0 Å². The summed E-state index contributed by atoms with van der Waals surface area (Å²) >= 11 is 0. The molecule has 1 aromatic heterocycles. The highest BCUT2D eigenvalue weighted by Gasteiger charge is 2.23. The van der Waals surface area contributed by atoms with Crippen LogP contribution in [0.2, 0.25) is 0 Å². The standard InChI is InChI=1S/C15H24N4O/c1-11(2)9-16-14-7-6-13(17-18-14)15(20)19-8-4-5-12(3)10-19/h6-7,11-12H,4-5,8-10H2,1-3H3,(H,16,18). The minimum atomic E-state index is -0.000500. The Morgan fingerprint density at radius 1 is 1.45 bits per heavy atom. The number of amides is 1. The Labute approximate surface area is 120 Å². The van der Waals surface area contributed by atoms with Gasteiger partial charge >= 0.3 is 0 Å². The van der Waals surface area contributed by atoms with E-state index in [0.29, 0.717) is 17.5 Å². The van der Waals surface area contributed by atoms with Crippen LogP contribution in [0.25, 0.3) is 0 Å². The monoisotopic (exact) mass is 276 g/mol. The molecule has 0 saturated carbocycles. The van der Waals surface area contributed by atoms with E-state index in [4.69, 9.17) is 0 Å². The number of aromatic nitrogens is 2. The molecule has 1 unspecified atom stereocenters. The van der Waals surface area contributed by atoms with Gasteiger partial charge in [0.1, 0.15) is 5.82 Å². The first-order valence-corrected chi connectivity index (χ1v) is 7.43. The molecular weight excluding hydrogens is 252 g/mol. The molecule has 1 aliphatic rings. The van der Waals surface area contributed by atoms with Crippen molar-refractivity contribution < 1.29 is 4.79 Å². The van der Waals surface area contributed by atoms with Crippen LogP contribution in [0.15, 0.2) is 12.1 Å². The van der Waals surface area contributed by atoms with E-state index in [1.165, 1.54) is 6.42 Å². The van der Waals surface area contributed by atoms with Crippen LogP contribution in [0.4, 0.5) is 5.82 Å². The quantitative estimate of drug-likeness (QED) is 0.917. The summed E-state index contributed by atoms with van der Waals surface area (Å²) in [6.45, 7) is 8.97. The van der Waals surface area contributed by atoms with Gasteiger partial charge in [0.2, 0.25) is 0 Å². The van der Waals surface area contributed by atoms with E-state index in [9.17, 15) is 4.79 Å². The molecule has 0 spiro atoms. The second-order valence-corrected chi connectivity index (χ2v) is 6.08. The predicted molar refractivity (Wildman–Crippen MR) is 79.7 cm³/mol. The van der Waals surface area contributed by atoms with Crippen molar-refractivity contribution in [2.45, 2.75) is 33.6 Å². The van der Waals surface area contributed by atoms with Gasteiger partial charge in [-0.05, 0) is 36.8 Å². The maximum atomic E-state index is 12.3. The summed E-state index contributed by atoms with van der Waals surface area (Å²) < 4.78 is 0. The average molecular weight is 276 g/mol. The van der Waals surface area contributed by atoms with E-state index in [2.05, 4.69) is 36.3 Å². The first-order valence-electron chi connectivity index (χ1n) is 7.43. The van der Waals surface area contributed by atoms with Crippen molar-refractivity contribution in [3.8, 4) is 0 Å². The number of hydrogen-bond acceptors (Lipinski definition) is 4. The van der Waals surface area contributed by atoms with E-state index in [1.54, 1.807) is 6.07 Å². The Morgan fingerprint density at radius 2 is 2.25 bits per heavy atom. The molecular formula is C15H24N4O. The second-order valence-electron chi connectivity index (χ2n) is 6.08. The maximum absolute atomic E-state index is 12.3. The summed E-state index contributed by atoms with van der Waals surface area (Å²) in [6.07, 6.45) is 2.28. The summed E-state index contributed by atoms with van der Waals surface area (Å²) in [4.78, 5) is 14.2. The number of anilines is 1. The van der Waals surface area contributed by atoms with Gasteiger partial charge in [0.25, 0.3) is 5.91 Å². The molecule has 1 N–H and O–H groups in total. The minimum absolute atomic E-state index is 0.000500. The predicted octanol–water partition coefficient (Wildman–Crippen LogP) is 2.42. The zero-order chi connectivity index (χ0) is 14.5. The number of carbonyl (C=O) groups excluding carboxylic acids is 1. The van der Waals surface area contributed by atoms with Gasteiger partial charge in [0, 0.05) is 19.6 Å². The van der Waals surface area contributed by atoms with Crippen LogP contribution < -0.4 is 5.32 Å². The highest BCUT2D eigenvalue weighted by Crippen LogP contribution is 2.17. The van der Waals surface area contributed by atoms with Crippen LogP contribution >= 0.6 is 0 Å². The lowest BCUT2D eigenvalue weighted by molar-refractivity contribution is 0.0676. The number of nitrogens with one attached hydrogen (secondary N) is 1. The Bertz CT molecular complexity index is 444. The lowest BCUT2D eigenvalue weighted by atomic mass is 10.00. The van der Waals surface area contributed by atoms with Gasteiger partial charge in [-0.2, -0.15) is 0 Å². The van der Waals surface area contributed by atoms with Gasteiger partial charge in [-0.15, -0.1) is 10.2 Å². The van der Waals surface area contributed by atoms with Crippen molar-refractivity contribution in [1.82, 2.24) is 15.1 Å². The molecule has 2 heterocycles. The molecule has 2 rings (SSSR count). The van der Waals surface area contributed by atoms with E-state index in [0.717, 1.165) is 31.9 Å². The molecule has 0 aromatic carbocycles. The number of piperidine rings is 1. The highest BCUT2D eigenvalue weighted by atomic mass is 16.2. The van der Waals surface area contributed by atoms with Crippen LogP contribution in [0, 0.1) is 11.8 Å².